The van der Waals surface area contributed by atoms with Crippen molar-refractivity contribution in [1.29, 1.82) is 0 Å². The van der Waals surface area contributed by atoms with Crippen LogP contribution in [0.4, 0.5) is 17.6 Å². The zero-order chi connectivity index (χ0) is 18.4. The molecular formula is C15H12F4N4O2. The van der Waals surface area contributed by atoms with Gasteiger partial charge in [-0.05, 0) is 31.5 Å². The summed E-state index contributed by atoms with van der Waals surface area (Å²) < 4.78 is 59.8. The topological polar surface area (TPSA) is 72.8 Å². The number of fused-ring (bicyclic) bond motifs is 1. The highest BCUT2D eigenvalue weighted by Crippen LogP contribution is 2.36. The summed E-state index contributed by atoms with van der Waals surface area (Å²) in [4.78, 5) is 18.2. The summed E-state index contributed by atoms with van der Waals surface area (Å²) in [6, 6.07) is 1.65. The van der Waals surface area contributed by atoms with Crippen LogP contribution in [0.5, 0.6) is 6.01 Å². The monoisotopic (exact) mass is 356 g/mol. The van der Waals surface area contributed by atoms with E-state index in [0.29, 0.717) is 4.68 Å². The minimum atomic E-state index is -4.79. The predicted molar refractivity (Wildman–Crippen MR) is 80.4 cm³/mol. The van der Waals surface area contributed by atoms with Gasteiger partial charge in [0.15, 0.2) is 5.65 Å². The van der Waals surface area contributed by atoms with E-state index >= 15 is 0 Å². The molecule has 0 saturated carbocycles. The Kier molecular flexibility index (Phi) is 3.97. The minimum Gasteiger partial charge on any atom is -0.465 e. The highest BCUT2D eigenvalue weighted by Gasteiger charge is 2.36. The molecule has 0 aliphatic heterocycles. The molecule has 3 aromatic rings. The quantitative estimate of drug-likeness (QED) is 0.733. The Labute approximate surface area is 138 Å². The molecule has 3 rings (SSSR count). The average Bonchev–Trinajstić information content (AvgIpc) is 2.90. The van der Waals surface area contributed by atoms with Crippen LogP contribution >= 0.6 is 0 Å². The Hall–Kier alpha value is -2.91. The number of nitrogens with one attached hydrogen (secondary N) is 1. The third-order valence-electron chi connectivity index (χ3n) is 3.39. The summed E-state index contributed by atoms with van der Waals surface area (Å²) in [7, 11) is 0. The van der Waals surface area contributed by atoms with Gasteiger partial charge in [-0.25, -0.2) is 9.07 Å². The van der Waals surface area contributed by atoms with Gasteiger partial charge in [0.25, 0.3) is 11.6 Å². The van der Waals surface area contributed by atoms with Crippen LogP contribution in [0.2, 0.25) is 0 Å². The molecular weight excluding hydrogens is 344 g/mol. The smallest absolute Gasteiger partial charge is 0.418 e. The lowest BCUT2D eigenvalue weighted by atomic mass is 10.1. The first-order valence-corrected chi connectivity index (χ1v) is 7.21. The molecule has 1 N–H and O–H groups in total. The molecule has 10 heteroatoms. The largest absolute Gasteiger partial charge is 0.465 e. The molecule has 2 heterocycles. The van der Waals surface area contributed by atoms with Gasteiger partial charge in [0, 0.05) is 6.20 Å². The number of halogens is 4. The molecule has 0 saturated heterocycles. The van der Waals surface area contributed by atoms with Crippen molar-refractivity contribution < 1.29 is 22.3 Å². The number of nitrogens with zero attached hydrogens (tertiary/aromatic N) is 3. The van der Waals surface area contributed by atoms with E-state index in [1.165, 1.54) is 6.92 Å². The normalized spacial score (nSPS) is 11.9. The van der Waals surface area contributed by atoms with E-state index in [1.807, 2.05) is 0 Å². The maximum atomic E-state index is 14.3. The second-order valence-corrected chi connectivity index (χ2v) is 5.26. The van der Waals surface area contributed by atoms with Crippen LogP contribution in [0, 0.1) is 12.7 Å². The number of aromatic nitrogens is 4. The summed E-state index contributed by atoms with van der Waals surface area (Å²) in [5.41, 5.74) is -2.69. The van der Waals surface area contributed by atoms with E-state index in [1.54, 1.807) is 6.92 Å². The molecule has 132 valence electrons. The third-order valence-corrected chi connectivity index (χ3v) is 3.39. The molecule has 0 fully saturated rings. The van der Waals surface area contributed by atoms with Crippen LogP contribution in [0.3, 0.4) is 0 Å². The lowest BCUT2D eigenvalue weighted by Crippen LogP contribution is -2.13. The predicted octanol–water partition coefficient (Wildman–Crippen LogP) is 2.97. The SMILES string of the molecule is CCOc1nc2nn(-c3c(F)cc(C)cc3C(F)(F)F)cc2c(=O)[nH]1. The van der Waals surface area contributed by atoms with Crippen molar-refractivity contribution in [1.82, 2.24) is 19.7 Å². The summed E-state index contributed by atoms with van der Waals surface area (Å²) in [6.07, 6.45) is -3.80. The average molecular weight is 356 g/mol. The summed E-state index contributed by atoms with van der Waals surface area (Å²) >= 11 is 0. The van der Waals surface area contributed by atoms with E-state index in [4.69, 9.17) is 4.74 Å². The molecule has 25 heavy (non-hydrogen) atoms. The van der Waals surface area contributed by atoms with Gasteiger partial charge in [-0.3, -0.25) is 9.78 Å². The molecule has 0 spiro atoms. The first-order chi connectivity index (χ1) is 11.7. The van der Waals surface area contributed by atoms with Crippen LogP contribution in [0.1, 0.15) is 18.1 Å². The first-order valence-electron chi connectivity index (χ1n) is 7.21. The number of alkyl halides is 3. The molecule has 1 aromatic carbocycles. The second-order valence-electron chi connectivity index (χ2n) is 5.26. The number of H-pyrrole nitrogens is 1. The van der Waals surface area contributed by atoms with Crippen LogP contribution in [-0.2, 0) is 6.18 Å². The van der Waals surface area contributed by atoms with Crippen molar-refractivity contribution in [2.75, 3.05) is 6.61 Å². The first kappa shape index (κ1) is 16.9. The Bertz CT molecular complexity index is 1010. The number of aromatic amines is 1. The molecule has 0 aliphatic carbocycles. The van der Waals surface area contributed by atoms with Gasteiger partial charge >= 0.3 is 6.18 Å². The minimum absolute atomic E-state index is 0.0865. The molecule has 0 unspecified atom stereocenters. The molecule has 0 radical (unpaired) electrons. The highest BCUT2D eigenvalue weighted by molar-refractivity contribution is 5.73. The van der Waals surface area contributed by atoms with Crippen LogP contribution in [-0.4, -0.2) is 26.4 Å². The number of hydrogen-bond donors (Lipinski definition) is 1. The molecule has 6 nitrogen and oxygen atoms in total. The number of hydrogen-bond acceptors (Lipinski definition) is 4. The van der Waals surface area contributed by atoms with Gasteiger partial charge in [0.1, 0.15) is 16.9 Å². The highest BCUT2D eigenvalue weighted by atomic mass is 19.4. The molecule has 0 aliphatic rings. The van der Waals surface area contributed by atoms with Crippen LogP contribution < -0.4 is 10.3 Å². The second kappa shape index (κ2) is 5.87. The lowest BCUT2D eigenvalue weighted by Gasteiger charge is -2.14. The van der Waals surface area contributed by atoms with Gasteiger partial charge in [-0.1, -0.05) is 0 Å². The number of benzene rings is 1. The van der Waals surface area contributed by atoms with Gasteiger partial charge in [-0.2, -0.15) is 18.2 Å². The Morgan fingerprint density at radius 3 is 2.68 bits per heavy atom. The van der Waals surface area contributed by atoms with Gasteiger partial charge in [0.05, 0.1) is 12.2 Å². The van der Waals surface area contributed by atoms with Crippen molar-refractivity contribution in [3.63, 3.8) is 0 Å². The van der Waals surface area contributed by atoms with Gasteiger partial charge in [0.2, 0.25) is 0 Å². The fraction of sp³-hybridized carbons (Fsp3) is 0.267. The van der Waals surface area contributed by atoms with Gasteiger partial charge < -0.3 is 4.74 Å². The summed E-state index contributed by atoms with van der Waals surface area (Å²) in [6.45, 7) is 3.24. The lowest BCUT2D eigenvalue weighted by molar-refractivity contribution is -0.137. The van der Waals surface area contributed by atoms with E-state index in [9.17, 15) is 22.4 Å². The summed E-state index contributed by atoms with van der Waals surface area (Å²) in [5.74, 6) is -1.11. The fourth-order valence-electron chi connectivity index (χ4n) is 2.40. The third kappa shape index (κ3) is 3.06. The maximum absolute atomic E-state index is 14.3. The van der Waals surface area contributed by atoms with Crippen LogP contribution in [0.25, 0.3) is 16.7 Å². The van der Waals surface area contributed by atoms with E-state index in [-0.39, 0.29) is 29.2 Å². The Morgan fingerprint density at radius 2 is 2.04 bits per heavy atom. The van der Waals surface area contributed by atoms with Crippen molar-refractivity contribution >= 4 is 11.0 Å². The number of ether oxygens (including phenoxy) is 1. The molecule has 2 aromatic heterocycles. The Balaban J connectivity index is 2.27. The van der Waals surface area contributed by atoms with Crippen LogP contribution in [0.15, 0.2) is 23.1 Å². The molecule has 0 amide bonds. The van der Waals surface area contributed by atoms with E-state index < -0.39 is 28.8 Å². The van der Waals surface area contributed by atoms with Crippen molar-refractivity contribution in [3.05, 3.63) is 45.6 Å². The van der Waals surface area contributed by atoms with E-state index in [2.05, 4.69) is 15.1 Å². The van der Waals surface area contributed by atoms with E-state index in [0.717, 1.165) is 18.3 Å². The van der Waals surface area contributed by atoms with Crippen molar-refractivity contribution in [3.8, 4) is 11.7 Å². The fourth-order valence-corrected chi connectivity index (χ4v) is 2.40. The van der Waals surface area contributed by atoms with Crippen molar-refractivity contribution in [2.45, 2.75) is 20.0 Å². The van der Waals surface area contributed by atoms with Gasteiger partial charge in [-0.15, -0.1) is 5.10 Å². The number of rotatable bonds is 3. The maximum Gasteiger partial charge on any atom is 0.418 e. The van der Waals surface area contributed by atoms with Crippen molar-refractivity contribution in [2.24, 2.45) is 0 Å². The standard InChI is InChI=1S/C15H12F4N4O2/c1-3-25-14-20-12-8(13(24)21-14)6-23(22-12)11-9(15(17,18)19)4-7(2)5-10(11)16/h4-6H,3H2,1-2H3,(H,20,21,22,24). The zero-order valence-electron chi connectivity index (χ0n) is 13.1. The Morgan fingerprint density at radius 1 is 1.32 bits per heavy atom. The zero-order valence-corrected chi connectivity index (χ0v) is 13.1. The molecule has 0 bridgehead atoms. The molecule has 0 atom stereocenters. The summed E-state index contributed by atoms with van der Waals surface area (Å²) in [5, 5.41) is 3.73. The number of aryl methyl sites for hydroxylation is 1.